The highest BCUT2D eigenvalue weighted by Gasteiger charge is 2.30. The summed E-state index contributed by atoms with van der Waals surface area (Å²) in [6.45, 7) is 2.53. The molecule has 0 bridgehead atoms. The van der Waals surface area contributed by atoms with Gasteiger partial charge in [-0.05, 0) is 31.9 Å². The largest absolute Gasteiger partial charge is 0.491 e. The third-order valence-corrected chi connectivity index (χ3v) is 3.59. The van der Waals surface area contributed by atoms with Crippen LogP contribution >= 0.6 is 0 Å². The van der Waals surface area contributed by atoms with Gasteiger partial charge in [0.2, 0.25) is 0 Å². The molecule has 2 N–H and O–H groups in total. The Morgan fingerprint density at radius 3 is 2.90 bits per heavy atom. The van der Waals surface area contributed by atoms with Crippen molar-refractivity contribution in [2.45, 2.75) is 32.2 Å². The summed E-state index contributed by atoms with van der Waals surface area (Å²) in [6, 6.07) is 7.24. The van der Waals surface area contributed by atoms with Crippen LogP contribution in [0.3, 0.4) is 0 Å². The van der Waals surface area contributed by atoms with Crippen molar-refractivity contribution in [3.05, 3.63) is 35.5 Å². The summed E-state index contributed by atoms with van der Waals surface area (Å²) >= 11 is 0. The molecule has 1 aromatic heterocycles. The maximum atomic E-state index is 11.5. The zero-order chi connectivity index (χ0) is 14.8. The van der Waals surface area contributed by atoms with E-state index in [1.807, 2.05) is 16.8 Å². The lowest BCUT2D eigenvalue weighted by molar-refractivity contribution is 0.101. The van der Waals surface area contributed by atoms with Crippen molar-refractivity contribution >= 4 is 11.6 Å². The smallest absolute Gasteiger partial charge is 0.169 e. The number of para-hydroxylation sites is 1. The monoisotopic (exact) mass is 286 g/mol. The summed E-state index contributed by atoms with van der Waals surface area (Å²) in [7, 11) is 0. The number of hydrogen-bond donors (Lipinski definition) is 1. The number of carbonyl (C=O) groups excluding carboxylic acids is 1. The number of anilines is 1. The summed E-state index contributed by atoms with van der Waals surface area (Å²) in [5, 5.41) is 7.99. The molecule has 110 valence electrons. The van der Waals surface area contributed by atoms with Gasteiger partial charge < -0.3 is 10.5 Å². The van der Waals surface area contributed by atoms with Gasteiger partial charge in [0.05, 0.1) is 17.8 Å². The number of carbonyl (C=O) groups is 1. The van der Waals surface area contributed by atoms with E-state index >= 15 is 0 Å². The predicted molar refractivity (Wildman–Crippen MR) is 78.4 cm³/mol. The Hall–Kier alpha value is -2.37. The molecule has 21 heavy (non-hydrogen) atoms. The first-order valence-electron chi connectivity index (χ1n) is 7.08. The van der Waals surface area contributed by atoms with E-state index in [1.54, 1.807) is 12.1 Å². The summed E-state index contributed by atoms with van der Waals surface area (Å²) in [6.07, 6.45) is 2.29. The van der Waals surface area contributed by atoms with E-state index in [1.165, 1.54) is 6.92 Å². The molecule has 0 aliphatic heterocycles. The highest BCUT2D eigenvalue weighted by atomic mass is 16.5. The number of hydrogen-bond acceptors (Lipinski definition) is 5. The second-order valence-electron chi connectivity index (χ2n) is 5.26. The van der Waals surface area contributed by atoms with Crippen LogP contribution in [-0.2, 0) is 6.54 Å². The van der Waals surface area contributed by atoms with Crippen LogP contribution in [0, 0.1) is 0 Å². The Balaban J connectivity index is 1.66. The minimum Gasteiger partial charge on any atom is -0.491 e. The third kappa shape index (κ3) is 2.89. The number of nitrogens with two attached hydrogens (primary N) is 1. The molecule has 0 unspecified atom stereocenters. The third-order valence-electron chi connectivity index (χ3n) is 3.59. The van der Waals surface area contributed by atoms with Gasteiger partial charge in [-0.25, -0.2) is 4.68 Å². The second-order valence-corrected chi connectivity index (χ2v) is 5.26. The van der Waals surface area contributed by atoms with Crippen molar-refractivity contribution in [3.8, 4) is 5.75 Å². The highest BCUT2D eigenvalue weighted by Crippen LogP contribution is 2.41. The van der Waals surface area contributed by atoms with Crippen molar-refractivity contribution in [2.24, 2.45) is 0 Å². The van der Waals surface area contributed by atoms with Crippen LogP contribution in [0.5, 0.6) is 5.75 Å². The summed E-state index contributed by atoms with van der Waals surface area (Å²) in [5.74, 6) is 1.60. The van der Waals surface area contributed by atoms with E-state index in [0.717, 1.165) is 18.5 Å². The number of ketones is 1. The fourth-order valence-corrected chi connectivity index (χ4v) is 2.40. The van der Waals surface area contributed by atoms with Gasteiger partial charge >= 0.3 is 0 Å². The molecule has 0 spiro atoms. The van der Waals surface area contributed by atoms with Crippen LogP contribution in [-0.4, -0.2) is 27.4 Å². The van der Waals surface area contributed by atoms with Gasteiger partial charge in [-0.1, -0.05) is 17.3 Å². The number of nitrogens with zero attached hydrogens (tertiary/aromatic N) is 3. The molecule has 0 radical (unpaired) electrons. The van der Waals surface area contributed by atoms with Gasteiger partial charge in [0.15, 0.2) is 11.6 Å². The average Bonchev–Trinajstić information content (AvgIpc) is 3.24. The average molecular weight is 286 g/mol. The summed E-state index contributed by atoms with van der Waals surface area (Å²) in [4.78, 5) is 11.5. The molecule has 3 rings (SSSR count). The Bertz CT molecular complexity index is 661. The van der Waals surface area contributed by atoms with Gasteiger partial charge in [-0.15, -0.1) is 5.10 Å². The maximum absolute atomic E-state index is 11.5. The fraction of sp³-hybridized carbons (Fsp3) is 0.400. The molecular weight excluding hydrogens is 268 g/mol. The van der Waals surface area contributed by atoms with Crippen LogP contribution in [0.15, 0.2) is 24.3 Å². The van der Waals surface area contributed by atoms with Crippen LogP contribution < -0.4 is 10.5 Å². The first-order chi connectivity index (χ1) is 10.2. The van der Waals surface area contributed by atoms with E-state index < -0.39 is 0 Å². The predicted octanol–water partition coefficient (Wildman–Crippen LogP) is 2.02. The minimum absolute atomic E-state index is 0.00531. The maximum Gasteiger partial charge on any atom is 0.169 e. The fourth-order valence-electron chi connectivity index (χ4n) is 2.40. The van der Waals surface area contributed by atoms with E-state index in [9.17, 15) is 4.79 Å². The SMILES string of the molecule is CC(=O)c1ccccc1OCCn1nnc(N)c1C1CC1. The Labute approximate surface area is 122 Å². The summed E-state index contributed by atoms with van der Waals surface area (Å²) < 4.78 is 7.53. The minimum atomic E-state index is -0.00531. The molecule has 1 fully saturated rings. The lowest BCUT2D eigenvalue weighted by atomic mass is 10.1. The van der Waals surface area contributed by atoms with Crippen molar-refractivity contribution < 1.29 is 9.53 Å². The number of nitrogen functional groups attached to an aromatic ring is 1. The first kappa shape index (κ1) is 13.6. The van der Waals surface area contributed by atoms with Gasteiger partial charge in [0.1, 0.15) is 12.4 Å². The molecule has 1 aliphatic rings. The molecule has 1 heterocycles. The van der Waals surface area contributed by atoms with E-state index in [-0.39, 0.29) is 5.78 Å². The van der Waals surface area contributed by atoms with E-state index in [2.05, 4.69) is 10.3 Å². The Morgan fingerprint density at radius 2 is 2.19 bits per heavy atom. The normalized spacial score (nSPS) is 14.1. The van der Waals surface area contributed by atoms with Crippen LogP contribution in [0.2, 0.25) is 0 Å². The van der Waals surface area contributed by atoms with E-state index in [0.29, 0.717) is 36.2 Å². The number of rotatable bonds is 6. The molecule has 1 saturated carbocycles. The van der Waals surface area contributed by atoms with Crippen molar-refractivity contribution in [1.82, 2.24) is 15.0 Å². The van der Waals surface area contributed by atoms with Gasteiger partial charge in [-0.2, -0.15) is 0 Å². The number of benzene rings is 1. The zero-order valence-corrected chi connectivity index (χ0v) is 12.0. The first-order valence-corrected chi connectivity index (χ1v) is 7.08. The molecule has 6 heteroatoms. The molecule has 2 aromatic rings. The lowest BCUT2D eigenvalue weighted by Crippen LogP contribution is -2.13. The standard InChI is InChI=1S/C15H18N4O2/c1-10(20)12-4-2-3-5-13(12)21-9-8-19-14(11-6-7-11)15(16)17-18-19/h2-5,11H,6-9,16H2,1H3. The molecule has 1 aromatic carbocycles. The molecule has 0 amide bonds. The number of Topliss-reactive ketones (excluding diaryl/α,β-unsaturated/α-hetero) is 1. The Kier molecular flexibility index (Phi) is 3.60. The quantitative estimate of drug-likeness (QED) is 0.821. The van der Waals surface area contributed by atoms with E-state index in [4.69, 9.17) is 10.5 Å². The van der Waals surface area contributed by atoms with Crippen molar-refractivity contribution in [3.63, 3.8) is 0 Å². The Morgan fingerprint density at radius 1 is 1.43 bits per heavy atom. The van der Waals surface area contributed by atoms with Gasteiger partial charge in [-0.3, -0.25) is 4.79 Å². The van der Waals surface area contributed by atoms with Crippen molar-refractivity contribution in [2.75, 3.05) is 12.3 Å². The number of aromatic nitrogens is 3. The van der Waals surface area contributed by atoms with Crippen LogP contribution in [0.4, 0.5) is 5.82 Å². The molecule has 6 nitrogen and oxygen atoms in total. The number of ether oxygens (including phenoxy) is 1. The van der Waals surface area contributed by atoms with Gasteiger partial charge in [0.25, 0.3) is 0 Å². The molecular formula is C15H18N4O2. The molecule has 0 atom stereocenters. The lowest BCUT2D eigenvalue weighted by Gasteiger charge is -2.10. The topological polar surface area (TPSA) is 83.0 Å². The van der Waals surface area contributed by atoms with Crippen LogP contribution in [0.1, 0.15) is 41.7 Å². The summed E-state index contributed by atoms with van der Waals surface area (Å²) in [5.41, 5.74) is 7.46. The van der Waals surface area contributed by atoms with Crippen LogP contribution in [0.25, 0.3) is 0 Å². The van der Waals surface area contributed by atoms with Gasteiger partial charge in [0, 0.05) is 5.92 Å². The molecule has 0 saturated heterocycles. The molecule has 1 aliphatic carbocycles. The van der Waals surface area contributed by atoms with Crippen molar-refractivity contribution in [1.29, 1.82) is 0 Å². The zero-order valence-electron chi connectivity index (χ0n) is 12.0. The highest BCUT2D eigenvalue weighted by molar-refractivity contribution is 5.96. The second kappa shape index (κ2) is 5.55.